The van der Waals surface area contributed by atoms with Gasteiger partial charge in [0.2, 0.25) is 11.9 Å². The van der Waals surface area contributed by atoms with Gasteiger partial charge in [-0.1, -0.05) is 72.8 Å². The van der Waals surface area contributed by atoms with E-state index in [1.165, 1.54) is 0 Å². The molecule has 172 valence electrons. The van der Waals surface area contributed by atoms with Gasteiger partial charge in [0, 0.05) is 19.5 Å². The molecule has 2 N–H and O–H groups in total. The molecule has 0 unspecified atom stereocenters. The van der Waals surface area contributed by atoms with Crippen molar-refractivity contribution in [2.24, 2.45) is 0 Å². The first-order valence-corrected chi connectivity index (χ1v) is 11.5. The van der Waals surface area contributed by atoms with Crippen LogP contribution in [-0.4, -0.2) is 34.1 Å². The summed E-state index contributed by atoms with van der Waals surface area (Å²) in [5, 5.41) is 6.03. The van der Waals surface area contributed by atoms with E-state index in [0.717, 1.165) is 22.2 Å². The third-order valence-electron chi connectivity index (χ3n) is 6.22. The fourth-order valence-electron chi connectivity index (χ4n) is 4.41. The van der Waals surface area contributed by atoms with Gasteiger partial charge in [0.15, 0.2) is 0 Å². The smallest absolute Gasteiger partial charge is 0.324 e. The Morgan fingerprint density at radius 1 is 0.882 bits per heavy atom. The van der Waals surface area contributed by atoms with Crippen molar-refractivity contribution in [2.45, 2.75) is 32.0 Å². The normalized spacial score (nSPS) is 14.4. The van der Waals surface area contributed by atoms with Gasteiger partial charge in [0.25, 0.3) is 0 Å². The quantitative estimate of drug-likeness (QED) is 0.462. The number of fused-ring (bicyclic) bond motifs is 3. The van der Waals surface area contributed by atoms with Crippen LogP contribution in [0.2, 0.25) is 0 Å². The topological polar surface area (TPSA) is 79.3 Å². The molecule has 34 heavy (non-hydrogen) atoms. The first-order chi connectivity index (χ1) is 16.6. The molecule has 1 aliphatic heterocycles. The summed E-state index contributed by atoms with van der Waals surface area (Å²) in [6.45, 7) is 3.13. The number of nitrogens with zero attached hydrogens (tertiary/aromatic N) is 3. The number of hydrogen-bond donors (Lipinski definition) is 2. The molecule has 7 heteroatoms. The highest BCUT2D eigenvalue weighted by Gasteiger charge is 2.31. The van der Waals surface area contributed by atoms with Crippen LogP contribution in [-0.2, 0) is 17.8 Å². The first kappa shape index (κ1) is 21.7. The fourth-order valence-corrected chi connectivity index (χ4v) is 4.41. The molecule has 3 aromatic carbocycles. The average Bonchev–Trinajstić information content (AvgIpc) is 3.44. The zero-order valence-corrected chi connectivity index (χ0v) is 19.0. The van der Waals surface area contributed by atoms with Gasteiger partial charge < -0.3 is 15.2 Å². The highest BCUT2D eigenvalue weighted by molar-refractivity contribution is 5.96. The lowest BCUT2D eigenvalue weighted by atomic mass is 10.0. The number of para-hydroxylation sites is 2. The van der Waals surface area contributed by atoms with E-state index in [1.807, 2.05) is 96.4 Å². The lowest BCUT2D eigenvalue weighted by molar-refractivity contribution is -0.123. The lowest BCUT2D eigenvalue weighted by Gasteiger charge is -2.24. The Morgan fingerprint density at radius 3 is 2.32 bits per heavy atom. The SMILES string of the molecule is C[C@@H](NC(=O)[C@H](Cc1ccccc1)NC(=O)N1CCn2c1nc1ccccc12)c1ccccc1. The number of benzene rings is 3. The van der Waals surface area contributed by atoms with E-state index in [0.29, 0.717) is 25.5 Å². The van der Waals surface area contributed by atoms with Gasteiger partial charge in [-0.05, 0) is 30.2 Å². The van der Waals surface area contributed by atoms with Crippen molar-refractivity contribution in [1.82, 2.24) is 20.2 Å². The zero-order valence-electron chi connectivity index (χ0n) is 19.0. The van der Waals surface area contributed by atoms with Crippen LogP contribution in [0.3, 0.4) is 0 Å². The molecular weight excluding hydrogens is 426 g/mol. The molecule has 5 rings (SSSR count). The van der Waals surface area contributed by atoms with Gasteiger partial charge in [-0.3, -0.25) is 9.69 Å². The largest absolute Gasteiger partial charge is 0.348 e. The molecule has 0 fully saturated rings. The van der Waals surface area contributed by atoms with Crippen molar-refractivity contribution in [3.05, 3.63) is 96.1 Å². The van der Waals surface area contributed by atoms with Crippen molar-refractivity contribution in [3.8, 4) is 0 Å². The molecular formula is C27H27N5O2. The van der Waals surface area contributed by atoms with Crippen LogP contribution in [0.4, 0.5) is 10.7 Å². The van der Waals surface area contributed by atoms with Crippen molar-refractivity contribution >= 4 is 28.9 Å². The number of aromatic nitrogens is 2. The van der Waals surface area contributed by atoms with Crippen molar-refractivity contribution in [1.29, 1.82) is 0 Å². The third-order valence-corrected chi connectivity index (χ3v) is 6.22. The minimum atomic E-state index is -0.723. The van der Waals surface area contributed by atoms with Crippen LogP contribution in [0.1, 0.15) is 24.1 Å². The summed E-state index contributed by atoms with van der Waals surface area (Å²) in [7, 11) is 0. The Bertz CT molecular complexity index is 1300. The fraction of sp³-hybridized carbons (Fsp3) is 0.222. The van der Waals surface area contributed by atoms with E-state index in [-0.39, 0.29) is 18.0 Å². The Balaban J connectivity index is 1.35. The van der Waals surface area contributed by atoms with Crippen molar-refractivity contribution in [2.75, 3.05) is 11.4 Å². The maximum Gasteiger partial charge on any atom is 0.324 e. The highest BCUT2D eigenvalue weighted by Crippen LogP contribution is 2.27. The third kappa shape index (κ3) is 4.37. The summed E-state index contributed by atoms with van der Waals surface area (Å²) in [5.74, 6) is 0.386. The maximum absolute atomic E-state index is 13.3. The van der Waals surface area contributed by atoms with Crippen molar-refractivity contribution < 1.29 is 9.59 Å². The predicted molar refractivity (Wildman–Crippen MR) is 133 cm³/mol. The molecule has 3 amide bonds. The number of nitrogens with one attached hydrogen (secondary N) is 2. The van der Waals surface area contributed by atoms with Gasteiger partial charge in [-0.2, -0.15) is 0 Å². The molecule has 4 aromatic rings. The highest BCUT2D eigenvalue weighted by atomic mass is 16.2. The molecule has 0 bridgehead atoms. The number of carbonyl (C=O) groups excluding carboxylic acids is 2. The van der Waals surface area contributed by atoms with Gasteiger partial charge in [-0.15, -0.1) is 0 Å². The van der Waals surface area contributed by atoms with Crippen LogP contribution in [0.15, 0.2) is 84.9 Å². The Labute approximate surface area is 198 Å². The minimum Gasteiger partial charge on any atom is -0.348 e. The van der Waals surface area contributed by atoms with Gasteiger partial charge in [-0.25, -0.2) is 9.78 Å². The molecule has 0 saturated heterocycles. The second-order valence-electron chi connectivity index (χ2n) is 8.54. The van der Waals surface area contributed by atoms with E-state index >= 15 is 0 Å². The van der Waals surface area contributed by atoms with E-state index in [2.05, 4.69) is 15.6 Å². The van der Waals surface area contributed by atoms with Crippen molar-refractivity contribution in [3.63, 3.8) is 0 Å². The summed E-state index contributed by atoms with van der Waals surface area (Å²) in [4.78, 5) is 32.9. The zero-order chi connectivity index (χ0) is 23.5. The lowest BCUT2D eigenvalue weighted by Crippen LogP contribution is -2.52. The molecule has 0 spiro atoms. The number of anilines is 1. The van der Waals surface area contributed by atoms with Gasteiger partial charge in [0.1, 0.15) is 6.04 Å². The molecule has 0 aliphatic carbocycles. The molecule has 1 aliphatic rings. The molecule has 2 heterocycles. The van der Waals surface area contributed by atoms with Crippen LogP contribution < -0.4 is 15.5 Å². The predicted octanol–water partition coefficient (Wildman–Crippen LogP) is 4.05. The summed E-state index contributed by atoms with van der Waals surface area (Å²) in [5.41, 5.74) is 3.84. The Morgan fingerprint density at radius 2 is 1.56 bits per heavy atom. The van der Waals surface area contributed by atoms with E-state index in [9.17, 15) is 9.59 Å². The minimum absolute atomic E-state index is 0.181. The molecule has 0 saturated carbocycles. The molecule has 2 atom stereocenters. The monoisotopic (exact) mass is 453 g/mol. The number of urea groups is 1. The van der Waals surface area contributed by atoms with Crippen LogP contribution in [0.5, 0.6) is 0 Å². The number of carbonyl (C=O) groups is 2. The summed E-state index contributed by atoms with van der Waals surface area (Å²) < 4.78 is 2.04. The number of imidazole rings is 1. The summed E-state index contributed by atoms with van der Waals surface area (Å²) in [6.07, 6.45) is 0.393. The number of rotatable bonds is 6. The Kier molecular flexibility index (Phi) is 5.99. The van der Waals surface area contributed by atoms with Gasteiger partial charge >= 0.3 is 6.03 Å². The van der Waals surface area contributed by atoms with E-state index < -0.39 is 6.04 Å². The van der Waals surface area contributed by atoms with Crippen LogP contribution in [0.25, 0.3) is 11.0 Å². The summed E-state index contributed by atoms with van der Waals surface area (Å²) in [6, 6.07) is 26.1. The standard InChI is InChI=1S/C27H27N5O2/c1-19(21-12-6-3-7-13-21)28-25(33)23(18-20-10-4-2-5-11-20)30-27(34)32-17-16-31-24-15-9-8-14-22(24)29-26(31)32/h2-15,19,23H,16-18H2,1H3,(H,28,33)(H,30,34)/t19-,23+/m1/s1. The number of hydrogen-bond acceptors (Lipinski definition) is 3. The van der Waals surface area contributed by atoms with E-state index in [1.54, 1.807) is 4.90 Å². The molecule has 0 radical (unpaired) electrons. The maximum atomic E-state index is 13.3. The second-order valence-corrected chi connectivity index (χ2v) is 8.54. The van der Waals surface area contributed by atoms with E-state index in [4.69, 9.17) is 0 Å². The van der Waals surface area contributed by atoms with Gasteiger partial charge in [0.05, 0.1) is 17.1 Å². The van der Waals surface area contributed by atoms with Crippen LogP contribution in [0, 0.1) is 0 Å². The first-order valence-electron chi connectivity index (χ1n) is 11.5. The number of amides is 3. The molecule has 7 nitrogen and oxygen atoms in total. The second kappa shape index (κ2) is 9.39. The molecule has 1 aromatic heterocycles. The average molecular weight is 454 g/mol. The van der Waals surface area contributed by atoms with Crippen LogP contribution >= 0.6 is 0 Å². The summed E-state index contributed by atoms with van der Waals surface area (Å²) >= 11 is 0. The Hall–Kier alpha value is -4.13.